The van der Waals surface area contributed by atoms with Gasteiger partial charge in [-0.2, -0.15) is 13.2 Å². The van der Waals surface area contributed by atoms with E-state index in [1.807, 2.05) is 0 Å². The first-order valence-corrected chi connectivity index (χ1v) is 11.4. The zero-order valence-corrected chi connectivity index (χ0v) is 19.6. The van der Waals surface area contributed by atoms with Gasteiger partial charge in [-0.1, -0.05) is 41.4 Å². The number of benzene rings is 2. The summed E-state index contributed by atoms with van der Waals surface area (Å²) >= 11 is 13.5. The highest BCUT2D eigenvalue weighted by Crippen LogP contribution is 2.33. The molecule has 3 rings (SSSR count). The van der Waals surface area contributed by atoms with Gasteiger partial charge in [0.2, 0.25) is 0 Å². The highest BCUT2D eigenvalue weighted by Gasteiger charge is 2.30. The number of esters is 1. The molecule has 33 heavy (non-hydrogen) atoms. The van der Waals surface area contributed by atoms with Gasteiger partial charge in [0.15, 0.2) is 0 Å². The number of thioether (sulfide) groups is 1. The van der Waals surface area contributed by atoms with Crippen LogP contribution in [0.15, 0.2) is 64.3 Å². The van der Waals surface area contributed by atoms with E-state index in [-0.39, 0.29) is 22.3 Å². The Kier molecular flexibility index (Phi) is 8.15. The molecule has 1 heterocycles. The molecule has 0 saturated heterocycles. The molecule has 174 valence electrons. The van der Waals surface area contributed by atoms with E-state index in [1.54, 1.807) is 30.3 Å². The fourth-order valence-corrected chi connectivity index (χ4v) is 4.72. The van der Waals surface area contributed by atoms with E-state index in [9.17, 15) is 22.8 Å². The molecule has 0 aliphatic rings. The third kappa shape index (κ3) is 6.34. The van der Waals surface area contributed by atoms with Gasteiger partial charge in [0, 0.05) is 17.2 Å². The summed E-state index contributed by atoms with van der Waals surface area (Å²) in [6, 6.07) is 13.0. The lowest BCUT2D eigenvalue weighted by Crippen LogP contribution is -2.25. The number of hydrogen-bond acceptors (Lipinski definition) is 4. The zero-order valence-electron chi connectivity index (χ0n) is 17.3. The monoisotopic (exact) mass is 515 g/mol. The molecule has 10 heteroatoms. The van der Waals surface area contributed by atoms with Crippen LogP contribution in [0.1, 0.15) is 27.2 Å². The highest BCUT2D eigenvalue weighted by atomic mass is 35.5. The number of carbonyl (C=O) groups is 1. The number of halogens is 5. The number of hydrogen-bond donors (Lipinski definition) is 0. The van der Waals surface area contributed by atoms with Crippen molar-refractivity contribution in [2.24, 2.45) is 0 Å². The number of nitrogens with zero attached hydrogens (tertiary/aromatic N) is 1. The lowest BCUT2D eigenvalue weighted by molar-refractivity contribution is -0.137. The van der Waals surface area contributed by atoms with E-state index in [2.05, 4.69) is 4.74 Å². The van der Waals surface area contributed by atoms with E-state index in [4.69, 9.17) is 23.2 Å². The molecular weight excluding hydrogens is 498 g/mol. The molecule has 0 radical (unpaired) electrons. The van der Waals surface area contributed by atoms with Crippen molar-refractivity contribution < 1.29 is 22.7 Å². The van der Waals surface area contributed by atoms with Crippen LogP contribution in [0, 0.1) is 0 Å². The van der Waals surface area contributed by atoms with Crippen LogP contribution in [0.3, 0.4) is 0 Å². The average Bonchev–Trinajstić information content (AvgIpc) is 2.79. The van der Waals surface area contributed by atoms with Crippen molar-refractivity contribution in [1.29, 1.82) is 0 Å². The Morgan fingerprint density at radius 3 is 2.39 bits per heavy atom. The lowest BCUT2D eigenvalue weighted by Gasteiger charge is -2.16. The maximum absolute atomic E-state index is 13.0. The predicted octanol–water partition coefficient (Wildman–Crippen LogP) is 6.50. The second-order valence-electron chi connectivity index (χ2n) is 7.00. The SMILES string of the molecule is COC(=O)c1ccc(CCn2c(CSc3cccc(C(F)(F)F)c3)c(Cl)cc(Cl)c2=O)cc1. The first-order valence-electron chi connectivity index (χ1n) is 9.65. The standard InChI is InChI=1S/C23H18Cl2F3NO3S/c1-32-22(31)15-7-5-14(6-8-15)9-10-29-20(18(24)12-19(25)21(29)30)13-33-17-4-2-3-16(11-17)23(26,27)28/h2-8,11-12H,9-10,13H2,1H3. The normalized spacial score (nSPS) is 11.5. The number of alkyl halides is 3. The number of pyridine rings is 1. The van der Waals surface area contributed by atoms with E-state index in [0.717, 1.165) is 29.5 Å². The Bertz CT molecular complexity index is 1210. The molecule has 0 fully saturated rings. The zero-order chi connectivity index (χ0) is 24.2. The van der Waals surface area contributed by atoms with Gasteiger partial charge in [0.25, 0.3) is 5.56 Å². The summed E-state index contributed by atoms with van der Waals surface area (Å²) in [5.41, 5.74) is 0.540. The Morgan fingerprint density at radius 2 is 1.76 bits per heavy atom. The van der Waals surface area contributed by atoms with Gasteiger partial charge < -0.3 is 9.30 Å². The fourth-order valence-electron chi connectivity index (χ4n) is 3.10. The number of aryl methyl sites for hydroxylation is 1. The van der Waals surface area contributed by atoms with E-state index in [0.29, 0.717) is 22.6 Å². The minimum Gasteiger partial charge on any atom is -0.465 e. The van der Waals surface area contributed by atoms with Gasteiger partial charge in [-0.25, -0.2) is 4.79 Å². The van der Waals surface area contributed by atoms with Crippen molar-refractivity contribution in [3.05, 3.63) is 97.4 Å². The Labute approximate surface area is 202 Å². The van der Waals surface area contributed by atoms with Gasteiger partial charge in [-0.15, -0.1) is 11.8 Å². The summed E-state index contributed by atoms with van der Waals surface area (Å²) in [5.74, 6) is -0.276. The molecule has 0 N–H and O–H groups in total. The molecule has 0 amide bonds. The molecule has 4 nitrogen and oxygen atoms in total. The maximum atomic E-state index is 13.0. The average molecular weight is 516 g/mol. The summed E-state index contributed by atoms with van der Waals surface area (Å²) < 4.78 is 45.1. The molecule has 0 spiro atoms. The second-order valence-corrected chi connectivity index (χ2v) is 8.86. The third-order valence-corrected chi connectivity index (χ3v) is 6.44. The minimum absolute atomic E-state index is 0.0474. The van der Waals surface area contributed by atoms with Crippen molar-refractivity contribution in [2.45, 2.75) is 29.8 Å². The molecule has 0 saturated carbocycles. The van der Waals surface area contributed by atoms with E-state index >= 15 is 0 Å². The van der Waals surface area contributed by atoms with Crippen LogP contribution in [-0.4, -0.2) is 17.6 Å². The van der Waals surface area contributed by atoms with Gasteiger partial charge in [-0.05, 0) is 48.4 Å². The molecule has 1 aromatic heterocycles. The quantitative estimate of drug-likeness (QED) is 0.266. The van der Waals surface area contributed by atoms with Gasteiger partial charge in [-0.3, -0.25) is 4.79 Å². The van der Waals surface area contributed by atoms with Crippen LogP contribution in [-0.2, 0) is 29.6 Å². The largest absolute Gasteiger partial charge is 0.465 e. The molecule has 0 unspecified atom stereocenters. The van der Waals surface area contributed by atoms with Crippen LogP contribution in [0.5, 0.6) is 0 Å². The van der Waals surface area contributed by atoms with Crippen molar-refractivity contribution in [3.63, 3.8) is 0 Å². The molecule has 0 aliphatic carbocycles. The van der Waals surface area contributed by atoms with Crippen molar-refractivity contribution >= 4 is 40.9 Å². The molecule has 2 aromatic carbocycles. The lowest BCUT2D eigenvalue weighted by atomic mass is 10.1. The number of rotatable bonds is 7. The summed E-state index contributed by atoms with van der Waals surface area (Å²) in [5, 5.41) is 0.203. The number of carbonyl (C=O) groups excluding carboxylic acids is 1. The van der Waals surface area contributed by atoms with E-state index < -0.39 is 23.3 Å². The number of methoxy groups -OCH3 is 1. The first-order chi connectivity index (χ1) is 15.6. The summed E-state index contributed by atoms with van der Waals surface area (Å²) in [4.78, 5) is 24.7. The predicted molar refractivity (Wildman–Crippen MR) is 123 cm³/mol. The Balaban J connectivity index is 1.81. The van der Waals surface area contributed by atoms with Crippen LogP contribution in [0.4, 0.5) is 13.2 Å². The van der Waals surface area contributed by atoms with Crippen molar-refractivity contribution in [2.75, 3.05) is 7.11 Å². The molecule has 0 bridgehead atoms. The summed E-state index contributed by atoms with van der Waals surface area (Å²) in [6.45, 7) is 0.245. The van der Waals surface area contributed by atoms with Crippen LogP contribution in [0.2, 0.25) is 10.0 Å². The first kappa shape index (κ1) is 25.2. The number of aromatic nitrogens is 1. The van der Waals surface area contributed by atoms with E-state index in [1.165, 1.54) is 23.8 Å². The van der Waals surface area contributed by atoms with Crippen LogP contribution in [0.25, 0.3) is 0 Å². The topological polar surface area (TPSA) is 48.3 Å². The van der Waals surface area contributed by atoms with Crippen molar-refractivity contribution in [1.82, 2.24) is 4.57 Å². The maximum Gasteiger partial charge on any atom is 0.416 e. The van der Waals surface area contributed by atoms with Gasteiger partial charge in [0.05, 0.1) is 29.0 Å². The van der Waals surface area contributed by atoms with Crippen molar-refractivity contribution in [3.8, 4) is 0 Å². The summed E-state index contributed by atoms with van der Waals surface area (Å²) in [7, 11) is 1.30. The molecular formula is C23H18Cl2F3NO3S. The summed E-state index contributed by atoms with van der Waals surface area (Å²) in [6.07, 6.45) is -4.00. The molecule has 0 atom stereocenters. The molecule has 3 aromatic rings. The number of ether oxygens (including phenoxy) is 1. The second kappa shape index (κ2) is 10.7. The third-order valence-electron chi connectivity index (χ3n) is 4.84. The van der Waals surface area contributed by atoms with Crippen LogP contribution >= 0.6 is 35.0 Å². The fraction of sp³-hybridized carbons (Fsp3) is 0.217. The van der Waals surface area contributed by atoms with Crippen LogP contribution < -0.4 is 5.56 Å². The Morgan fingerprint density at radius 1 is 1.06 bits per heavy atom. The Hall–Kier alpha value is -2.42. The van der Waals surface area contributed by atoms with Gasteiger partial charge >= 0.3 is 12.1 Å². The highest BCUT2D eigenvalue weighted by molar-refractivity contribution is 7.98. The molecule has 0 aliphatic heterocycles. The smallest absolute Gasteiger partial charge is 0.416 e. The minimum atomic E-state index is -4.44. The van der Waals surface area contributed by atoms with Gasteiger partial charge in [0.1, 0.15) is 5.02 Å².